The quantitative estimate of drug-likeness (QED) is 0.534. The van der Waals surface area contributed by atoms with E-state index in [-0.39, 0.29) is 6.10 Å². The van der Waals surface area contributed by atoms with Gasteiger partial charge in [0.25, 0.3) is 0 Å². The number of nitrogens with zero attached hydrogens (tertiary/aromatic N) is 1. The molecule has 2 rings (SSSR count). The Hall–Kier alpha value is -0.0800. The van der Waals surface area contributed by atoms with Crippen molar-refractivity contribution < 1.29 is 5.11 Å². The highest BCUT2D eigenvalue weighted by Gasteiger charge is 2.30. The van der Waals surface area contributed by atoms with E-state index in [1.807, 2.05) is 0 Å². The van der Waals surface area contributed by atoms with Crippen LogP contribution < -0.4 is 0 Å². The van der Waals surface area contributed by atoms with Gasteiger partial charge in [-0.05, 0) is 32.2 Å². The largest absolute Gasteiger partial charge is 0.393 e. The molecule has 0 unspecified atom stereocenters. The van der Waals surface area contributed by atoms with Gasteiger partial charge in [0, 0.05) is 12.6 Å². The van der Waals surface area contributed by atoms with Gasteiger partial charge in [-0.2, -0.15) is 0 Å². The first-order chi connectivity index (χ1) is 4.86. The smallest absolute Gasteiger partial charge is 0.0567 e. The van der Waals surface area contributed by atoms with Crippen molar-refractivity contribution in [2.45, 2.75) is 37.8 Å². The number of fused-ring (bicyclic) bond motifs is 1. The van der Waals surface area contributed by atoms with Crippen LogP contribution in [-0.4, -0.2) is 35.2 Å². The molecule has 2 fully saturated rings. The maximum absolute atomic E-state index is 9.33. The van der Waals surface area contributed by atoms with E-state index in [2.05, 4.69) is 4.90 Å². The first-order valence-electron chi connectivity index (χ1n) is 4.28. The molecule has 0 saturated carbocycles. The number of aliphatic hydroxyl groups is 1. The maximum Gasteiger partial charge on any atom is 0.0567 e. The van der Waals surface area contributed by atoms with E-state index < -0.39 is 0 Å². The van der Waals surface area contributed by atoms with Crippen molar-refractivity contribution in [3.8, 4) is 0 Å². The van der Waals surface area contributed by atoms with Gasteiger partial charge in [-0.1, -0.05) is 0 Å². The first kappa shape index (κ1) is 6.62. The van der Waals surface area contributed by atoms with E-state index >= 15 is 0 Å². The van der Waals surface area contributed by atoms with Crippen LogP contribution in [0.5, 0.6) is 0 Å². The summed E-state index contributed by atoms with van der Waals surface area (Å²) in [5, 5.41) is 9.33. The summed E-state index contributed by atoms with van der Waals surface area (Å²) in [6.45, 7) is 2.41. The fourth-order valence-electron chi connectivity index (χ4n) is 2.20. The predicted molar refractivity (Wildman–Crippen MR) is 39.8 cm³/mol. The second-order valence-electron chi connectivity index (χ2n) is 3.51. The molecule has 10 heavy (non-hydrogen) atoms. The van der Waals surface area contributed by atoms with Gasteiger partial charge in [-0.3, -0.25) is 0 Å². The van der Waals surface area contributed by atoms with Crippen molar-refractivity contribution in [1.29, 1.82) is 0 Å². The van der Waals surface area contributed by atoms with Gasteiger partial charge in [-0.15, -0.1) is 0 Å². The third-order valence-electron chi connectivity index (χ3n) is 2.79. The number of rotatable bonds is 0. The molecule has 0 aromatic carbocycles. The Kier molecular flexibility index (Phi) is 1.66. The Morgan fingerprint density at radius 1 is 1.20 bits per heavy atom. The van der Waals surface area contributed by atoms with Crippen molar-refractivity contribution in [2.75, 3.05) is 13.1 Å². The van der Waals surface area contributed by atoms with Gasteiger partial charge in [0.2, 0.25) is 0 Å². The van der Waals surface area contributed by atoms with E-state index in [1.54, 1.807) is 0 Å². The SMILES string of the molecule is O[C@@H]1CCN2CCC[C@H]2C1. The topological polar surface area (TPSA) is 23.5 Å². The van der Waals surface area contributed by atoms with Crippen molar-refractivity contribution in [1.82, 2.24) is 4.90 Å². The normalized spacial score (nSPS) is 41.7. The Morgan fingerprint density at radius 2 is 2.10 bits per heavy atom. The van der Waals surface area contributed by atoms with Crippen molar-refractivity contribution >= 4 is 0 Å². The van der Waals surface area contributed by atoms with Crippen LogP contribution in [0.2, 0.25) is 0 Å². The molecular formula is C8H15NO. The average molecular weight is 141 g/mol. The molecule has 0 aliphatic carbocycles. The summed E-state index contributed by atoms with van der Waals surface area (Å²) in [5.74, 6) is 0. The third kappa shape index (κ3) is 1.06. The fraction of sp³-hybridized carbons (Fsp3) is 1.00. The van der Waals surface area contributed by atoms with Crippen LogP contribution in [0, 0.1) is 0 Å². The molecule has 0 aromatic rings. The van der Waals surface area contributed by atoms with Gasteiger partial charge in [0.15, 0.2) is 0 Å². The van der Waals surface area contributed by atoms with Gasteiger partial charge in [0.1, 0.15) is 0 Å². The van der Waals surface area contributed by atoms with E-state index in [9.17, 15) is 5.11 Å². The Labute approximate surface area is 61.8 Å². The summed E-state index contributed by atoms with van der Waals surface area (Å²) in [6, 6.07) is 0.726. The molecule has 58 valence electrons. The molecule has 0 bridgehead atoms. The minimum Gasteiger partial charge on any atom is -0.393 e. The number of piperidine rings is 1. The minimum absolute atomic E-state index is 0.000602. The molecule has 2 nitrogen and oxygen atoms in total. The van der Waals surface area contributed by atoms with Crippen LogP contribution in [0.1, 0.15) is 25.7 Å². The lowest BCUT2D eigenvalue weighted by Gasteiger charge is -2.32. The summed E-state index contributed by atoms with van der Waals surface area (Å²) in [4.78, 5) is 2.52. The number of aliphatic hydroxyl groups excluding tert-OH is 1. The molecule has 0 amide bonds. The highest BCUT2D eigenvalue weighted by Crippen LogP contribution is 2.26. The second kappa shape index (κ2) is 2.51. The van der Waals surface area contributed by atoms with E-state index in [0.29, 0.717) is 0 Å². The first-order valence-corrected chi connectivity index (χ1v) is 4.28. The molecule has 2 atom stereocenters. The Morgan fingerprint density at radius 3 is 3.00 bits per heavy atom. The van der Waals surface area contributed by atoms with Crippen molar-refractivity contribution in [3.05, 3.63) is 0 Å². The summed E-state index contributed by atoms with van der Waals surface area (Å²) >= 11 is 0. The van der Waals surface area contributed by atoms with Gasteiger partial charge in [0.05, 0.1) is 6.10 Å². The lowest BCUT2D eigenvalue weighted by molar-refractivity contribution is 0.0621. The van der Waals surface area contributed by atoms with E-state index in [1.165, 1.54) is 19.4 Å². The number of hydrogen-bond donors (Lipinski definition) is 1. The number of hydrogen-bond acceptors (Lipinski definition) is 2. The molecule has 0 spiro atoms. The zero-order valence-corrected chi connectivity index (χ0v) is 6.29. The lowest BCUT2D eigenvalue weighted by atomic mass is 10.0. The Balaban J connectivity index is 1.96. The average Bonchev–Trinajstić information content (AvgIpc) is 2.33. The van der Waals surface area contributed by atoms with Crippen LogP contribution in [0.25, 0.3) is 0 Å². The molecule has 2 aliphatic heterocycles. The molecule has 1 N–H and O–H groups in total. The van der Waals surface area contributed by atoms with Crippen LogP contribution >= 0.6 is 0 Å². The molecule has 2 aliphatic rings. The molecular weight excluding hydrogens is 126 g/mol. The monoisotopic (exact) mass is 141 g/mol. The fourth-order valence-corrected chi connectivity index (χ4v) is 2.20. The minimum atomic E-state index is -0.000602. The highest BCUT2D eigenvalue weighted by atomic mass is 16.3. The van der Waals surface area contributed by atoms with Gasteiger partial charge < -0.3 is 10.0 Å². The summed E-state index contributed by atoms with van der Waals surface area (Å²) < 4.78 is 0. The van der Waals surface area contributed by atoms with Crippen LogP contribution in [0.3, 0.4) is 0 Å². The molecule has 0 aromatic heterocycles. The molecule has 2 heterocycles. The van der Waals surface area contributed by atoms with E-state index in [4.69, 9.17) is 0 Å². The zero-order chi connectivity index (χ0) is 6.97. The second-order valence-corrected chi connectivity index (χ2v) is 3.51. The predicted octanol–water partition coefficient (Wildman–Crippen LogP) is 0.606. The summed E-state index contributed by atoms with van der Waals surface area (Å²) in [6.07, 6.45) is 4.68. The van der Waals surface area contributed by atoms with Crippen molar-refractivity contribution in [2.24, 2.45) is 0 Å². The van der Waals surface area contributed by atoms with Crippen LogP contribution in [0.15, 0.2) is 0 Å². The maximum atomic E-state index is 9.33. The standard InChI is InChI=1S/C8H15NO/c10-8-3-5-9-4-1-2-7(9)6-8/h7-8,10H,1-6H2/t7-,8+/m0/s1. The van der Waals surface area contributed by atoms with Crippen LogP contribution in [-0.2, 0) is 0 Å². The molecule has 0 radical (unpaired) electrons. The lowest BCUT2D eigenvalue weighted by Crippen LogP contribution is -2.39. The molecule has 2 saturated heterocycles. The van der Waals surface area contributed by atoms with Gasteiger partial charge >= 0.3 is 0 Å². The highest BCUT2D eigenvalue weighted by molar-refractivity contribution is 4.85. The van der Waals surface area contributed by atoms with E-state index in [0.717, 1.165) is 25.4 Å². The van der Waals surface area contributed by atoms with Crippen molar-refractivity contribution in [3.63, 3.8) is 0 Å². The van der Waals surface area contributed by atoms with Crippen LogP contribution in [0.4, 0.5) is 0 Å². The molecule has 2 heteroatoms. The Bertz CT molecular complexity index is 126. The summed E-state index contributed by atoms with van der Waals surface area (Å²) in [7, 11) is 0. The van der Waals surface area contributed by atoms with Gasteiger partial charge in [-0.25, -0.2) is 0 Å². The summed E-state index contributed by atoms with van der Waals surface area (Å²) in [5.41, 5.74) is 0. The zero-order valence-electron chi connectivity index (χ0n) is 6.29. The third-order valence-corrected chi connectivity index (χ3v) is 2.79.